The smallest absolute Gasteiger partial charge is 0.231 e. The van der Waals surface area contributed by atoms with E-state index in [0.717, 1.165) is 0 Å². The zero-order valence-electron chi connectivity index (χ0n) is 14.6. The molecule has 0 fully saturated rings. The Hall–Kier alpha value is -3.37. The van der Waals surface area contributed by atoms with Crippen molar-refractivity contribution in [2.45, 2.75) is 13.0 Å². The van der Waals surface area contributed by atoms with E-state index in [-0.39, 0.29) is 18.9 Å². The van der Waals surface area contributed by atoms with E-state index in [1.807, 2.05) is 23.6 Å². The van der Waals surface area contributed by atoms with Crippen LogP contribution in [0.4, 0.5) is 5.69 Å². The molecule has 6 nitrogen and oxygen atoms in total. The van der Waals surface area contributed by atoms with Crippen LogP contribution in [0.1, 0.15) is 16.3 Å². The van der Waals surface area contributed by atoms with Crippen LogP contribution in [0.3, 0.4) is 0 Å². The Balaban J connectivity index is 1.57. The predicted molar refractivity (Wildman–Crippen MR) is 103 cm³/mol. The van der Waals surface area contributed by atoms with Crippen LogP contribution in [0, 0.1) is 11.3 Å². The predicted octanol–water partition coefficient (Wildman–Crippen LogP) is 3.78. The number of nitrogens with zero attached hydrogens (tertiary/aromatic N) is 2. The molecule has 1 N–H and O–H groups in total. The molecule has 3 aromatic rings. The van der Waals surface area contributed by atoms with Gasteiger partial charge >= 0.3 is 0 Å². The highest BCUT2D eigenvalue weighted by Crippen LogP contribution is 2.23. The van der Waals surface area contributed by atoms with Gasteiger partial charge in [-0.3, -0.25) is 4.79 Å². The molecule has 0 atom stereocenters. The number of rotatable bonds is 7. The van der Waals surface area contributed by atoms with Crippen molar-refractivity contribution < 1.29 is 14.3 Å². The van der Waals surface area contributed by atoms with Crippen molar-refractivity contribution >= 4 is 22.9 Å². The summed E-state index contributed by atoms with van der Waals surface area (Å²) in [5.74, 6) is 0.954. The summed E-state index contributed by atoms with van der Waals surface area (Å²) in [6.07, 6.45) is 0.164. The van der Waals surface area contributed by atoms with E-state index in [1.54, 1.807) is 37.4 Å². The van der Waals surface area contributed by atoms with E-state index in [4.69, 9.17) is 14.7 Å². The first kappa shape index (κ1) is 18.4. The first-order valence-electron chi connectivity index (χ1n) is 8.17. The molecule has 0 aliphatic rings. The molecule has 0 aliphatic carbocycles. The van der Waals surface area contributed by atoms with Crippen molar-refractivity contribution in [1.29, 1.82) is 5.26 Å². The van der Waals surface area contributed by atoms with Gasteiger partial charge in [0.25, 0.3) is 0 Å². The first-order valence-corrected chi connectivity index (χ1v) is 9.05. The quantitative estimate of drug-likeness (QED) is 0.675. The fraction of sp³-hybridized carbons (Fsp3) is 0.150. The first-order chi connectivity index (χ1) is 13.2. The van der Waals surface area contributed by atoms with Crippen molar-refractivity contribution in [2.24, 2.45) is 0 Å². The number of aromatic nitrogens is 1. The average Bonchev–Trinajstić information content (AvgIpc) is 3.14. The van der Waals surface area contributed by atoms with E-state index in [0.29, 0.717) is 33.5 Å². The minimum absolute atomic E-state index is 0.164. The number of amides is 1. The van der Waals surface area contributed by atoms with Gasteiger partial charge in [0, 0.05) is 5.38 Å². The molecule has 7 heteroatoms. The van der Waals surface area contributed by atoms with E-state index >= 15 is 0 Å². The van der Waals surface area contributed by atoms with Crippen LogP contribution in [-0.4, -0.2) is 18.0 Å². The number of ether oxygens (including phenoxy) is 2. The molecule has 0 saturated carbocycles. The summed E-state index contributed by atoms with van der Waals surface area (Å²) in [5, 5.41) is 14.4. The van der Waals surface area contributed by atoms with E-state index in [1.165, 1.54) is 11.3 Å². The summed E-state index contributed by atoms with van der Waals surface area (Å²) < 4.78 is 10.9. The van der Waals surface area contributed by atoms with Crippen molar-refractivity contribution in [2.75, 3.05) is 12.4 Å². The van der Waals surface area contributed by atoms with Crippen LogP contribution in [-0.2, 0) is 17.8 Å². The van der Waals surface area contributed by atoms with Crippen LogP contribution in [0.15, 0.2) is 53.9 Å². The lowest BCUT2D eigenvalue weighted by molar-refractivity contribution is -0.115. The third kappa shape index (κ3) is 4.84. The third-order valence-electron chi connectivity index (χ3n) is 3.68. The zero-order chi connectivity index (χ0) is 19.1. The van der Waals surface area contributed by atoms with Gasteiger partial charge in [0.1, 0.15) is 29.2 Å². The highest BCUT2D eigenvalue weighted by molar-refractivity contribution is 7.09. The molecule has 0 unspecified atom stereocenters. The normalized spacial score (nSPS) is 10.1. The molecule has 0 saturated heterocycles. The Morgan fingerprint density at radius 3 is 2.70 bits per heavy atom. The lowest BCUT2D eigenvalue weighted by Crippen LogP contribution is -2.15. The number of para-hydroxylation sites is 3. The van der Waals surface area contributed by atoms with Gasteiger partial charge in [0.2, 0.25) is 5.91 Å². The van der Waals surface area contributed by atoms with Gasteiger partial charge in [0.15, 0.2) is 0 Å². The highest BCUT2D eigenvalue weighted by Gasteiger charge is 2.11. The summed E-state index contributed by atoms with van der Waals surface area (Å²) in [4.78, 5) is 16.7. The molecule has 2 aromatic carbocycles. The fourth-order valence-corrected chi connectivity index (χ4v) is 3.19. The molecule has 1 amide bonds. The van der Waals surface area contributed by atoms with Crippen molar-refractivity contribution in [3.63, 3.8) is 0 Å². The molecule has 3 rings (SSSR count). The second-order valence-electron chi connectivity index (χ2n) is 5.55. The lowest BCUT2D eigenvalue weighted by atomic mass is 10.2. The summed E-state index contributed by atoms with van der Waals surface area (Å²) in [6.45, 7) is 0.239. The number of hydrogen-bond acceptors (Lipinski definition) is 6. The monoisotopic (exact) mass is 379 g/mol. The SMILES string of the molecule is COc1ccccc1NC(=O)Cc1nc(COc2ccccc2C#N)cs1. The van der Waals surface area contributed by atoms with Gasteiger partial charge in [-0.2, -0.15) is 5.26 Å². The number of methoxy groups -OCH3 is 1. The van der Waals surface area contributed by atoms with E-state index < -0.39 is 0 Å². The Morgan fingerprint density at radius 2 is 1.93 bits per heavy atom. The van der Waals surface area contributed by atoms with Gasteiger partial charge in [0.05, 0.1) is 30.5 Å². The van der Waals surface area contributed by atoms with Crippen LogP contribution in [0.5, 0.6) is 11.5 Å². The standard InChI is InChI=1S/C20H17N3O3S/c1-25-18-9-5-3-7-16(18)23-19(24)10-20-22-15(13-27-20)12-26-17-8-4-2-6-14(17)11-21/h2-9,13H,10,12H2,1H3,(H,23,24). The van der Waals surface area contributed by atoms with Gasteiger partial charge in [-0.05, 0) is 24.3 Å². The largest absolute Gasteiger partial charge is 0.495 e. The number of carbonyl (C=O) groups is 1. The van der Waals surface area contributed by atoms with Crippen molar-refractivity contribution in [1.82, 2.24) is 4.98 Å². The van der Waals surface area contributed by atoms with Gasteiger partial charge in [-0.1, -0.05) is 24.3 Å². The minimum atomic E-state index is -0.170. The van der Waals surface area contributed by atoms with Crippen LogP contribution < -0.4 is 14.8 Å². The van der Waals surface area contributed by atoms with Crippen LogP contribution >= 0.6 is 11.3 Å². The fourth-order valence-electron chi connectivity index (χ4n) is 2.41. The van der Waals surface area contributed by atoms with Crippen molar-refractivity contribution in [3.8, 4) is 17.6 Å². The summed E-state index contributed by atoms with van der Waals surface area (Å²) in [5.41, 5.74) is 1.81. The number of nitrogens with one attached hydrogen (secondary N) is 1. The maximum Gasteiger partial charge on any atom is 0.231 e. The van der Waals surface area contributed by atoms with Crippen LogP contribution in [0.25, 0.3) is 0 Å². The van der Waals surface area contributed by atoms with E-state index in [2.05, 4.69) is 16.4 Å². The topological polar surface area (TPSA) is 84.2 Å². The van der Waals surface area contributed by atoms with Crippen molar-refractivity contribution in [3.05, 3.63) is 70.2 Å². The third-order valence-corrected chi connectivity index (χ3v) is 4.57. The maximum atomic E-state index is 12.3. The molecule has 136 valence electrons. The Bertz CT molecular complexity index is 978. The number of hydrogen-bond donors (Lipinski definition) is 1. The lowest BCUT2D eigenvalue weighted by Gasteiger charge is -2.09. The molecule has 1 heterocycles. The second-order valence-corrected chi connectivity index (χ2v) is 6.50. The number of nitriles is 1. The number of anilines is 1. The summed E-state index contributed by atoms with van der Waals surface area (Å²) in [6, 6.07) is 16.4. The molecule has 0 radical (unpaired) electrons. The number of thiazole rings is 1. The number of benzene rings is 2. The maximum absolute atomic E-state index is 12.3. The molecule has 27 heavy (non-hydrogen) atoms. The summed E-state index contributed by atoms with van der Waals surface area (Å²) >= 11 is 1.40. The Morgan fingerprint density at radius 1 is 1.19 bits per heavy atom. The highest BCUT2D eigenvalue weighted by atomic mass is 32.1. The molecule has 0 aliphatic heterocycles. The van der Waals surface area contributed by atoms with Gasteiger partial charge in [-0.15, -0.1) is 11.3 Å². The zero-order valence-corrected chi connectivity index (χ0v) is 15.5. The average molecular weight is 379 g/mol. The van der Waals surface area contributed by atoms with Crippen LogP contribution in [0.2, 0.25) is 0 Å². The summed E-state index contributed by atoms with van der Waals surface area (Å²) in [7, 11) is 1.56. The molecular weight excluding hydrogens is 362 g/mol. The van der Waals surface area contributed by atoms with E-state index in [9.17, 15) is 4.79 Å². The minimum Gasteiger partial charge on any atom is -0.495 e. The van der Waals surface area contributed by atoms with Gasteiger partial charge < -0.3 is 14.8 Å². The van der Waals surface area contributed by atoms with Gasteiger partial charge in [-0.25, -0.2) is 4.98 Å². The molecular formula is C20H17N3O3S. The Kier molecular flexibility index (Phi) is 6.02. The molecule has 0 bridgehead atoms. The number of carbonyl (C=O) groups excluding carboxylic acids is 1. The second kappa shape index (κ2) is 8.83. The Labute approximate surface area is 161 Å². The molecule has 1 aromatic heterocycles. The molecule has 0 spiro atoms.